The van der Waals surface area contributed by atoms with Crippen LogP contribution in [0.4, 0.5) is 0 Å². The maximum atomic E-state index is 11.2. The Kier molecular flexibility index (Phi) is 1.65. The zero-order valence-electron chi connectivity index (χ0n) is 7.97. The van der Waals surface area contributed by atoms with Gasteiger partial charge in [0.1, 0.15) is 0 Å². The van der Waals surface area contributed by atoms with Crippen molar-refractivity contribution in [2.45, 2.75) is 6.42 Å². The Balaban J connectivity index is 2.38. The number of allylic oxidation sites excluding steroid dienone is 2. The molecule has 1 heterocycles. The van der Waals surface area contributed by atoms with Crippen molar-refractivity contribution in [2.24, 2.45) is 0 Å². The van der Waals surface area contributed by atoms with E-state index in [0.717, 1.165) is 23.2 Å². The van der Waals surface area contributed by atoms with Crippen LogP contribution < -0.4 is 10.7 Å². The molecule has 0 N–H and O–H groups in total. The molecule has 0 saturated carbocycles. The van der Waals surface area contributed by atoms with Crippen LogP contribution in [0, 0.1) is 0 Å². The van der Waals surface area contributed by atoms with E-state index in [-0.39, 0.29) is 5.78 Å². The SMILES string of the molecule is O=C1C=Cc2nc3c(nc2=C1)C=CCC=3. The normalized spacial score (nSPS) is 16.4. The standard InChI is InChI=1S/C12H8N2O/c15-8-5-6-11-12(7-8)14-10-4-2-1-3-9(10)13-11/h2-7H,1H2. The first-order valence-corrected chi connectivity index (χ1v) is 4.81. The lowest BCUT2D eigenvalue weighted by atomic mass is 10.1. The zero-order valence-corrected chi connectivity index (χ0v) is 7.97. The summed E-state index contributed by atoms with van der Waals surface area (Å²) in [6.07, 6.45) is 11.7. The highest BCUT2D eigenvalue weighted by atomic mass is 16.1. The maximum Gasteiger partial charge on any atom is 0.180 e. The number of nitrogens with zero attached hydrogens (tertiary/aromatic N) is 2. The summed E-state index contributed by atoms with van der Waals surface area (Å²) in [4.78, 5) is 20.0. The second kappa shape index (κ2) is 2.98. The van der Waals surface area contributed by atoms with Crippen LogP contribution in [0.5, 0.6) is 0 Å². The molecule has 3 heteroatoms. The number of aromatic nitrogens is 2. The summed E-state index contributed by atoms with van der Waals surface area (Å²) in [6.45, 7) is 0. The molecular weight excluding hydrogens is 188 g/mol. The fourth-order valence-electron chi connectivity index (χ4n) is 1.69. The first-order valence-electron chi connectivity index (χ1n) is 4.81. The molecule has 0 fully saturated rings. The second-order valence-electron chi connectivity index (χ2n) is 3.49. The summed E-state index contributed by atoms with van der Waals surface area (Å²) in [5.74, 6) is -0.0273. The Morgan fingerprint density at radius 3 is 2.73 bits per heavy atom. The maximum absolute atomic E-state index is 11.2. The molecule has 3 nitrogen and oxygen atoms in total. The van der Waals surface area contributed by atoms with E-state index in [0.29, 0.717) is 5.35 Å². The number of ketones is 1. The third kappa shape index (κ3) is 1.32. The minimum Gasteiger partial charge on any atom is -0.290 e. The van der Waals surface area contributed by atoms with E-state index in [2.05, 4.69) is 9.97 Å². The molecule has 2 aliphatic carbocycles. The van der Waals surface area contributed by atoms with Crippen LogP contribution >= 0.6 is 0 Å². The summed E-state index contributed by atoms with van der Waals surface area (Å²) in [7, 11) is 0. The Morgan fingerprint density at radius 2 is 1.80 bits per heavy atom. The lowest BCUT2D eigenvalue weighted by Gasteiger charge is -2.04. The van der Waals surface area contributed by atoms with E-state index >= 15 is 0 Å². The molecule has 0 amide bonds. The average molecular weight is 196 g/mol. The highest BCUT2D eigenvalue weighted by Gasteiger charge is 2.07. The number of hydrogen-bond donors (Lipinski definition) is 0. The molecule has 0 aliphatic heterocycles. The van der Waals surface area contributed by atoms with E-state index in [9.17, 15) is 4.79 Å². The number of hydrogen-bond acceptors (Lipinski definition) is 3. The van der Waals surface area contributed by atoms with Gasteiger partial charge in [0, 0.05) is 6.08 Å². The first kappa shape index (κ1) is 8.29. The topological polar surface area (TPSA) is 42.9 Å². The van der Waals surface area contributed by atoms with Gasteiger partial charge in [0.25, 0.3) is 0 Å². The van der Waals surface area contributed by atoms with Crippen LogP contribution in [-0.4, -0.2) is 15.8 Å². The Morgan fingerprint density at radius 1 is 1.00 bits per heavy atom. The van der Waals surface area contributed by atoms with Crippen molar-refractivity contribution >= 4 is 30.1 Å². The highest BCUT2D eigenvalue weighted by Crippen LogP contribution is 2.01. The monoisotopic (exact) mass is 196 g/mol. The molecule has 1 aromatic heterocycles. The lowest BCUT2D eigenvalue weighted by Crippen LogP contribution is -2.28. The van der Waals surface area contributed by atoms with Gasteiger partial charge in [-0.1, -0.05) is 12.2 Å². The molecule has 2 aliphatic rings. The van der Waals surface area contributed by atoms with Crippen molar-refractivity contribution in [2.75, 3.05) is 0 Å². The smallest absolute Gasteiger partial charge is 0.180 e. The third-order valence-electron chi connectivity index (χ3n) is 2.41. The first-order chi connectivity index (χ1) is 7.33. The van der Waals surface area contributed by atoms with Crippen LogP contribution in [0.2, 0.25) is 0 Å². The molecule has 0 bridgehead atoms. The molecule has 0 spiro atoms. The van der Waals surface area contributed by atoms with E-state index < -0.39 is 0 Å². The van der Waals surface area contributed by atoms with E-state index in [1.165, 1.54) is 12.2 Å². The van der Waals surface area contributed by atoms with E-state index in [1.54, 1.807) is 6.08 Å². The zero-order chi connectivity index (χ0) is 10.3. The van der Waals surface area contributed by atoms with Gasteiger partial charge in [0.05, 0.1) is 22.1 Å². The predicted molar refractivity (Wildman–Crippen MR) is 57.9 cm³/mol. The summed E-state index contributed by atoms with van der Waals surface area (Å²) in [5.41, 5.74) is 1.62. The van der Waals surface area contributed by atoms with Gasteiger partial charge in [-0.3, -0.25) is 4.79 Å². The molecule has 0 unspecified atom stereocenters. The van der Waals surface area contributed by atoms with Gasteiger partial charge in [0.15, 0.2) is 5.78 Å². The molecule has 0 aromatic carbocycles. The third-order valence-corrected chi connectivity index (χ3v) is 2.41. The van der Waals surface area contributed by atoms with Crippen LogP contribution in [0.15, 0.2) is 12.2 Å². The van der Waals surface area contributed by atoms with Crippen LogP contribution in [0.25, 0.3) is 24.3 Å². The van der Waals surface area contributed by atoms with Gasteiger partial charge in [-0.15, -0.1) is 0 Å². The number of carbonyl (C=O) groups is 1. The molecule has 0 atom stereocenters. The number of carbonyl (C=O) groups excluding carboxylic acids is 1. The predicted octanol–water partition coefficient (Wildman–Crippen LogP) is 0.0504. The van der Waals surface area contributed by atoms with Crippen molar-refractivity contribution < 1.29 is 4.79 Å². The Hall–Kier alpha value is -2.03. The Bertz CT molecular complexity index is 624. The van der Waals surface area contributed by atoms with Crippen LogP contribution in [0.3, 0.4) is 0 Å². The molecule has 0 radical (unpaired) electrons. The van der Waals surface area contributed by atoms with E-state index in [4.69, 9.17) is 0 Å². The number of fused-ring (bicyclic) bond motifs is 2. The van der Waals surface area contributed by atoms with Crippen molar-refractivity contribution in [3.8, 4) is 0 Å². The van der Waals surface area contributed by atoms with Gasteiger partial charge >= 0.3 is 0 Å². The fraction of sp³-hybridized carbons (Fsp3) is 0.0833. The fourth-order valence-corrected chi connectivity index (χ4v) is 1.69. The molecule has 0 saturated heterocycles. The van der Waals surface area contributed by atoms with Crippen molar-refractivity contribution in [3.63, 3.8) is 0 Å². The van der Waals surface area contributed by atoms with Crippen LogP contribution in [-0.2, 0) is 4.79 Å². The largest absolute Gasteiger partial charge is 0.290 e. The molecule has 1 aromatic rings. The minimum absolute atomic E-state index is 0.0273. The number of rotatable bonds is 0. The molecular formula is C12H8N2O. The van der Waals surface area contributed by atoms with Crippen molar-refractivity contribution in [1.29, 1.82) is 0 Å². The molecule has 72 valence electrons. The van der Waals surface area contributed by atoms with Crippen LogP contribution in [0.1, 0.15) is 17.8 Å². The van der Waals surface area contributed by atoms with Gasteiger partial charge in [-0.05, 0) is 24.6 Å². The summed E-state index contributed by atoms with van der Waals surface area (Å²) < 4.78 is 0. The van der Waals surface area contributed by atoms with Gasteiger partial charge in [-0.25, -0.2) is 9.97 Å². The second-order valence-corrected chi connectivity index (χ2v) is 3.49. The lowest BCUT2D eigenvalue weighted by molar-refractivity contribution is -0.109. The summed E-state index contributed by atoms with van der Waals surface area (Å²) in [5, 5.41) is 1.57. The highest BCUT2D eigenvalue weighted by molar-refractivity contribution is 6.16. The average Bonchev–Trinajstić information content (AvgIpc) is 2.26. The Labute approximate surface area is 86.2 Å². The van der Waals surface area contributed by atoms with Gasteiger partial charge in [0.2, 0.25) is 0 Å². The molecule has 3 rings (SSSR count). The summed E-state index contributed by atoms with van der Waals surface area (Å²) in [6, 6.07) is 0. The quantitative estimate of drug-likeness (QED) is 0.589. The minimum atomic E-state index is -0.0273. The molecule has 15 heavy (non-hydrogen) atoms. The summed E-state index contributed by atoms with van der Waals surface area (Å²) >= 11 is 0. The van der Waals surface area contributed by atoms with Gasteiger partial charge in [-0.2, -0.15) is 0 Å². The van der Waals surface area contributed by atoms with Crippen molar-refractivity contribution in [1.82, 2.24) is 9.97 Å². The van der Waals surface area contributed by atoms with E-state index in [1.807, 2.05) is 18.2 Å². The van der Waals surface area contributed by atoms with Crippen molar-refractivity contribution in [3.05, 3.63) is 34.2 Å². The van der Waals surface area contributed by atoms with Gasteiger partial charge < -0.3 is 0 Å².